The number of esters is 1. The number of hydrogen-bond acceptors (Lipinski definition) is 5. The van der Waals surface area contributed by atoms with Gasteiger partial charge in [-0.3, -0.25) is 20.3 Å². The average molecular weight is 250 g/mol. The number of benzene rings is 1. The maximum Gasteiger partial charge on any atom is 0.313 e. The summed E-state index contributed by atoms with van der Waals surface area (Å²) in [7, 11) is 3.24. The fraction of sp³-hybridized carbons (Fsp3) is 0.182. The Labute approximate surface area is 103 Å². The number of nitrogens with one attached hydrogen (secondary N) is 2. The zero-order valence-corrected chi connectivity index (χ0v) is 9.51. The van der Waals surface area contributed by atoms with Gasteiger partial charge in [-0.2, -0.15) is 0 Å². The van der Waals surface area contributed by atoms with Crippen LogP contribution in [0.4, 0.5) is 5.69 Å². The predicted molar refractivity (Wildman–Crippen MR) is 63.7 cm³/mol. The first-order valence-corrected chi connectivity index (χ1v) is 5.02. The second kappa shape index (κ2) is 6.33. The molecule has 0 heterocycles. The molecule has 0 aliphatic carbocycles. The quantitative estimate of drug-likeness (QED) is 0.270. The summed E-state index contributed by atoms with van der Waals surface area (Å²) in [5, 5.41) is 19.9. The third-order valence-corrected chi connectivity index (χ3v) is 2.08. The van der Waals surface area contributed by atoms with Crippen molar-refractivity contribution in [3.8, 4) is 0 Å². The maximum absolute atomic E-state index is 11.2. The topological polar surface area (TPSA) is 105 Å². The highest BCUT2D eigenvalue weighted by Gasteiger charge is 2.08. The number of ether oxygens (including phenoxy) is 1. The molecule has 18 heavy (non-hydrogen) atoms. The minimum absolute atomic E-state index is 0.0151. The van der Waals surface area contributed by atoms with Gasteiger partial charge in [-0.05, 0) is 17.7 Å². The highest BCUT2D eigenvalue weighted by molar-refractivity contribution is 5.95. The van der Waals surface area contributed by atoms with E-state index >= 15 is 0 Å². The highest BCUT2D eigenvalue weighted by atomic mass is 16.6. The molecule has 0 atom stereocenters. The van der Waals surface area contributed by atoms with Crippen LogP contribution in [0.1, 0.15) is 12.0 Å². The molecule has 0 unspecified atom stereocenters. The summed E-state index contributed by atoms with van der Waals surface area (Å²) in [6, 6.07) is 5.69. The third-order valence-electron chi connectivity index (χ3n) is 2.08. The molecule has 1 radical (unpaired) electrons. The molecule has 1 rings (SSSR count). The minimum atomic E-state index is -0.561. The Hall–Kier alpha value is -2.44. The Kier molecular flexibility index (Phi) is 4.79. The van der Waals surface area contributed by atoms with Crippen LogP contribution in [0.2, 0.25) is 0 Å². The van der Waals surface area contributed by atoms with Crippen molar-refractivity contribution in [2.75, 3.05) is 0 Å². The summed E-state index contributed by atoms with van der Waals surface area (Å²) < 4.78 is 4.88. The molecule has 7 heteroatoms. The van der Waals surface area contributed by atoms with E-state index in [-0.39, 0.29) is 24.6 Å². The Morgan fingerprint density at radius 3 is 2.56 bits per heavy atom. The van der Waals surface area contributed by atoms with Crippen LogP contribution in [-0.4, -0.2) is 16.7 Å². The first kappa shape index (κ1) is 13.6. The molecule has 0 spiro atoms. The number of nitro benzene ring substituents is 1. The maximum atomic E-state index is 11.2. The van der Waals surface area contributed by atoms with Gasteiger partial charge >= 0.3 is 5.97 Å². The summed E-state index contributed by atoms with van der Waals surface area (Å²) in [4.78, 5) is 21.1. The van der Waals surface area contributed by atoms with Crippen molar-refractivity contribution in [1.82, 2.24) is 5.32 Å². The van der Waals surface area contributed by atoms with E-state index in [0.717, 1.165) is 0 Å². The van der Waals surface area contributed by atoms with Crippen LogP contribution in [0, 0.1) is 22.6 Å². The summed E-state index contributed by atoms with van der Waals surface area (Å²) in [6.45, 7) is 0.0151. The van der Waals surface area contributed by atoms with Gasteiger partial charge in [0.2, 0.25) is 0 Å². The number of carbonyl (C=O) groups excluding carboxylic acids is 1. The van der Waals surface area contributed by atoms with Gasteiger partial charge < -0.3 is 10.1 Å². The van der Waals surface area contributed by atoms with E-state index in [9.17, 15) is 14.9 Å². The molecule has 0 aliphatic heterocycles. The monoisotopic (exact) mass is 250 g/mol. The lowest BCUT2D eigenvalue weighted by Crippen LogP contribution is -2.20. The van der Waals surface area contributed by atoms with Gasteiger partial charge in [0.1, 0.15) is 18.9 Å². The SMILES string of the molecule is [CH2]NC(=N)CC(=O)OCc1ccc([N+](=O)[O-])cc1. The first-order chi connectivity index (χ1) is 8.52. The van der Waals surface area contributed by atoms with Crippen LogP contribution in [0.5, 0.6) is 0 Å². The van der Waals surface area contributed by atoms with E-state index in [1.54, 1.807) is 0 Å². The highest BCUT2D eigenvalue weighted by Crippen LogP contribution is 2.12. The number of rotatable bonds is 5. The molecule has 1 aromatic carbocycles. The normalized spacial score (nSPS) is 9.61. The lowest BCUT2D eigenvalue weighted by atomic mass is 10.2. The Bertz CT molecular complexity index is 456. The van der Waals surface area contributed by atoms with Gasteiger partial charge in [-0.25, -0.2) is 0 Å². The van der Waals surface area contributed by atoms with Gasteiger partial charge in [0.05, 0.1) is 4.92 Å². The second-order valence-corrected chi connectivity index (χ2v) is 3.42. The molecule has 0 saturated heterocycles. The van der Waals surface area contributed by atoms with Gasteiger partial charge in [-0.1, -0.05) is 0 Å². The lowest BCUT2D eigenvalue weighted by Gasteiger charge is -2.05. The number of nitrogens with zero attached hydrogens (tertiary/aromatic N) is 1. The number of amidine groups is 1. The Morgan fingerprint density at radius 2 is 2.06 bits per heavy atom. The molecule has 1 aromatic rings. The Balaban J connectivity index is 2.46. The first-order valence-electron chi connectivity index (χ1n) is 5.02. The molecule has 0 bridgehead atoms. The molecule has 0 aromatic heterocycles. The van der Waals surface area contributed by atoms with Crippen molar-refractivity contribution in [3.63, 3.8) is 0 Å². The van der Waals surface area contributed by atoms with Crippen molar-refractivity contribution >= 4 is 17.5 Å². The smallest absolute Gasteiger partial charge is 0.313 e. The Morgan fingerprint density at radius 1 is 1.44 bits per heavy atom. The van der Waals surface area contributed by atoms with Crippen LogP contribution < -0.4 is 5.32 Å². The molecule has 0 fully saturated rings. The molecular formula is C11H12N3O4. The van der Waals surface area contributed by atoms with Crippen molar-refractivity contribution in [3.05, 3.63) is 47.0 Å². The number of nitro groups is 1. The molecule has 0 saturated carbocycles. The van der Waals surface area contributed by atoms with Gasteiger partial charge in [-0.15, -0.1) is 0 Å². The van der Waals surface area contributed by atoms with Crippen molar-refractivity contribution in [1.29, 1.82) is 5.41 Å². The second-order valence-electron chi connectivity index (χ2n) is 3.42. The summed E-state index contributed by atoms with van der Waals surface area (Å²) in [5.41, 5.74) is 0.621. The number of hydrogen-bond donors (Lipinski definition) is 2. The van der Waals surface area contributed by atoms with E-state index in [2.05, 4.69) is 12.4 Å². The van der Waals surface area contributed by atoms with Crippen molar-refractivity contribution in [2.45, 2.75) is 13.0 Å². The van der Waals surface area contributed by atoms with E-state index in [1.807, 2.05) is 0 Å². The standard InChI is InChI=1S/C11H12N3O4/c1-13-10(12)6-11(15)18-7-8-2-4-9(5-3-8)14(16)17/h2-5H,1,6-7H2,(H2,12,13). The molecule has 7 nitrogen and oxygen atoms in total. The molecule has 95 valence electrons. The third kappa shape index (κ3) is 4.20. The molecule has 2 N–H and O–H groups in total. The lowest BCUT2D eigenvalue weighted by molar-refractivity contribution is -0.384. The van der Waals surface area contributed by atoms with Crippen LogP contribution in [-0.2, 0) is 16.1 Å². The van der Waals surface area contributed by atoms with Crippen LogP contribution >= 0.6 is 0 Å². The fourth-order valence-electron chi connectivity index (χ4n) is 1.14. The van der Waals surface area contributed by atoms with E-state index in [4.69, 9.17) is 10.1 Å². The number of non-ortho nitro benzene ring substituents is 1. The van der Waals surface area contributed by atoms with Crippen molar-refractivity contribution < 1.29 is 14.5 Å². The van der Waals surface area contributed by atoms with Crippen molar-refractivity contribution in [2.24, 2.45) is 0 Å². The summed E-state index contributed by atoms with van der Waals surface area (Å²) in [6.07, 6.45) is -0.184. The van der Waals surface area contributed by atoms with Gasteiger partial charge in [0, 0.05) is 19.2 Å². The predicted octanol–water partition coefficient (Wildman–Crippen LogP) is 1.39. The van der Waals surface area contributed by atoms with Crippen LogP contribution in [0.25, 0.3) is 0 Å². The van der Waals surface area contributed by atoms with Gasteiger partial charge in [0.25, 0.3) is 5.69 Å². The zero-order chi connectivity index (χ0) is 13.5. The molecule has 0 aliphatic rings. The summed E-state index contributed by atoms with van der Waals surface area (Å²) >= 11 is 0. The molecule has 0 amide bonds. The summed E-state index contributed by atoms with van der Waals surface area (Å²) in [5.74, 6) is -0.599. The van der Waals surface area contributed by atoms with Crippen LogP contribution in [0.3, 0.4) is 0 Å². The number of carbonyl (C=O) groups is 1. The van der Waals surface area contributed by atoms with E-state index in [0.29, 0.717) is 5.56 Å². The van der Waals surface area contributed by atoms with E-state index < -0.39 is 10.9 Å². The van der Waals surface area contributed by atoms with Gasteiger partial charge in [0.15, 0.2) is 0 Å². The zero-order valence-electron chi connectivity index (χ0n) is 9.51. The fourth-order valence-corrected chi connectivity index (χ4v) is 1.14. The average Bonchev–Trinajstić information content (AvgIpc) is 2.36. The minimum Gasteiger partial charge on any atom is -0.460 e. The largest absolute Gasteiger partial charge is 0.460 e. The van der Waals surface area contributed by atoms with E-state index in [1.165, 1.54) is 24.3 Å². The van der Waals surface area contributed by atoms with Crippen LogP contribution in [0.15, 0.2) is 24.3 Å². The molecular weight excluding hydrogens is 238 g/mol.